The summed E-state index contributed by atoms with van der Waals surface area (Å²) in [5, 5.41) is 3.43. The van der Waals surface area contributed by atoms with Crippen LogP contribution in [0.2, 0.25) is 5.02 Å². The van der Waals surface area contributed by atoms with Gasteiger partial charge in [-0.2, -0.15) is 0 Å². The van der Waals surface area contributed by atoms with Crippen molar-refractivity contribution < 1.29 is 4.39 Å². The van der Waals surface area contributed by atoms with E-state index in [0.717, 1.165) is 0 Å². The monoisotopic (exact) mass is 294 g/mol. The zero-order chi connectivity index (χ0) is 14.9. The highest BCUT2D eigenvalue weighted by Gasteiger charge is 2.12. The van der Waals surface area contributed by atoms with Crippen LogP contribution in [0.25, 0.3) is 0 Å². The van der Waals surface area contributed by atoms with E-state index in [4.69, 9.17) is 17.3 Å². The van der Waals surface area contributed by atoms with Crippen molar-refractivity contribution in [3.8, 4) is 0 Å². The molecule has 0 atom stereocenters. The molecule has 1 heterocycles. The summed E-state index contributed by atoms with van der Waals surface area (Å²) in [6, 6.07) is 4.10. The number of hydrogen-bond acceptors (Lipinski definition) is 4. The summed E-state index contributed by atoms with van der Waals surface area (Å²) in [6.45, 7) is 5.75. The number of nitrogens with two attached hydrogens (primary N) is 1. The van der Waals surface area contributed by atoms with E-state index < -0.39 is 0 Å². The highest BCUT2D eigenvalue weighted by molar-refractivity contribution is 6.33. The molecule has 0 aliphatic rings. The first-order valence-corrected chi connectivity index (χ1v) is 6.62. The first kappa shape index (κ1) is 14.5. The second-order valence-electron chi connectivity index (χ2n) is 4.84. The molecule has 2 rings (SSSR count). The average molecular weight is 295 g/mol. The topological polar surface area (TPSA) is 63.8 Å². The first-order chi connectivity index (χ1) is 9.38. The number of hydrogen-bond donors (Lipinski definition) is 2. The van der Waals surface area contributed by atoms with Gasteiger partial charge in [-0.15, -0.1) is 0 Å². The van der Waals surface area contributed by atoms with Gasteiger partial charge in [0.15, 0.2) is 0 Å². The third-order valence-electron chi connectivity index (χ3n) is 2.90. The van der Waals surface area contributed by atoms with Crippen LogP contribution in [0.15, 0.2) is 18.2 Å². The molecular weight excluding hydrogens is 279 g/mol. The van der Waals surface area contributed by atoms with E-state index in [1.165, 1.54) is 18.2 Å². The Kier molecular flexibility index (Phi) is 4.09. The summed E-state index contributed by atoms with van der Waals surface area (Å²) in [5.74, 6) is 1.33. The molecule has 1 aromatic carbocycles. The molecule has 0 bridgehead atoms. The molecule has 106 valence electrons. The second kappa shape index (κ2) is 5.63. The zero-order valence-electron chi connectivity index (χ0n) is 11.5. The van der Waals surface area contributed by atoms with Crippen LogP contribution in [-0.2, 0) is 0 Å². The van der Waals surface area contributed by atoms with E-state index in [1.54, 1.807) is 6.92 Å². The summed E-state index contributed by atoms with van der Waals surface area (Å²) >= 11 is 6.04. The van der Waals surface area contributed by atoms with Crippen LogP contribution in [0.1, 0.15) is 31.2 Å². The predicted octanol–water partition coefficient (Wildman–Crippen LogP) is 4.03. The Morgan fingerprint density at radius 3 is 2.65 bits per heavy atom. The van der Waals surface area contributed by atoms with Crippen LogP contribution < -0.4 is 11.1 Å². The predicted molar refractivity (Wildman–Crippen MR) is 80.0 cm³/mol. The van der Waals surface area contributed by atoms with E-state index >= 15 is 0 Å². The van der Waals surface area contributed by atoms with Gasteiger partial charge in [-0.05, 0) is 25.1 Å². The number of nitrogens with zero attached hydrogens (tertiary/aromatic N) is 2. The van der Waals surface area contributed by atoms with Crippen molar-refractivity contribution in [2.75, 3.05) is 11.1 Å². The molecule has 0 radical (unpaired) electrons. The Hall–Kier alpha value is -1.88. The quantitative estimate of drug-likeness (QED) is 0.897. The minimum atomic E-state index is -0.374. The Bertz CT molecular complexity index is 643. The van der Waals surface area contributed by atoms with E-state index in [2.05, 4.69) is 15.3 Å². The summed E-state index contributed by atoms with van der Waals surface area (Å²) in [7, 11) is 0. The van der Waals surface area contributed by atoms with Crippen molar-refractivity contribution in [1.82, 2.24) is 9.97 Å². The Morgan fingerprint density at radius 2 is 2.00 bits per heavy atom. The number of rotatable bonds is 3. The molecule has 0 unspecified atom stereocenters. The SMILES string of the molecule is Cc1c(N)nc(C(C)C)nc1Nc1cc(F)ccc1Cl. The molecule has 3 N–H and O–H groups in total. The van der Waals surface area contributed by atoms with E-state index in [9.17, 15) is 4.39 Å². The number of anilines is 3. The van der Waals surface area contributed by atoms with Gasteiger partial charge in [-0.3, -0.25) is 0 Å². The molecule has 0 amide bonds. The lowest BCUT2D eigenvalue weighted by Crippen LogP contribution is -2.08. The fourth-order valence-electron chi connectivity index (χ4n) is 1.65. The van der Waals surface area contributed by atoms with E-state index in [1.807, 2.05) is 13.8 Å². The number of halogens is 2. The number of benzene rings is 1. The Labute approximate surface area is 122 Å². The Balaban J connectivity index is 2.45. The third kappa shape index (κ3) is 2.99. The smallest absolute Gasteiger partial charge is 0.139 e. The largest absolute Gasteiger partial charge is 0.383 e. The first-order valence-electron chi connectivity index (χ1n) is 6.24. The van der Waals surface area contributed by atoms with Crippen molar-refractivity contribution in [3.63, 3.8) is 0 Å². The summed E-state index contributed by atoms with van der Waals surface area (Å²) in [6.07, 6.45) is 0. The van der Waals surface area contributed by atoms with Crippen molar-refractivity contribution in [3.05, 3.63) is 40.4 Å². The lowest BCUT2D eigenvalue weighted by Gasteiger charge is -2.14. The Morgan fingerprint density at radius 1 is 1.30 bits per heavy atom. The van der Waals surface area contributed by atoms with E-state index in [-0.39, 0.29) is 11.7 Å². The van der Waals surface area contributed by atoms with Gasteiger partial charge >= 0.3 is 0 Å². The fraction of sp³-hybridized carbons (Fsp3) is 0.286. The van der Waals surface area contributed by atoms with Gasteiger partial charge in [0.25, 0.3) is 0 Å². The van der Waals surface area contributed by atoms with Gasteiger partial charge in [0.2, 0.25) is 0 Å². The van der Waals surface area contributed by atoms with Crippen LogP contribution in [0.4, 0.5) is 21.7 Å². The van der Waals surface area contributed by atoms with Crippen LogP contribution in [0.3, 0.4) is 0 Å². The maximum absolute atomic E-state index is 13.3. The zero-order valence-corrected chi connectivity index (χ0v) is 12.3. The van der Waals surface area contributed by atoms with Crippen LogP contribution >= 0.6 is 11.6 Å². The maximum atomic E-state index is 13.3. The molecule has 0 saturated carbocycles. The molecule has 0 spiro atoms. The molecule has 4 nitrogen and oxygen atoms in total. The van der Waals surface area contributed by atoms with Gasteiger partial charge in [0, 0.05) is 11.5 Å². The van der Waals surface area contributed by atoms with Crippen molar-refractivity contribution in [2.45, 2.75) is 26.7 Å². The summed E-state index contributed by atoms with van der Waals surface area (Å²) < 4.78 is 13.3. The minimum absolute atomic E-state index is 0.140. The highest BCUT2D eigenvalue weighted by Crippen LogP contribution is 2.29. The molecule has 0 aliphatic heterocycles. The minimum Gasteiger partial charge on any atom is -0.383 e. The van der Waals surface area contributed by atoms with Gasteiger partial charge < -0.3 is 11.1 Å². The molecule has 0 fully saturated rings. The van der Waals surface area contributed by atoms with Crippen molar-refractivity contribution in [1.29, 1.82) is 0 Å². The highest BCUT2D eigenvalue weighted by atomic mass is 35.5. The molecule has 6 heteroatoms. The average Bonchev–Trinajstić information content (AvgIpc) is 2.38. The van der Waals surface area contributed by atoms with E-state index in [0.29, 0.717) is 33.7 Å². The maximum Gasteiger partial charge on any atom is 0.139 e. The van der Waals surface area contributed by atoms with Gasteiger partial charge in [0.05, 0.1) is 10.7 Å². The molecule has 20 heavy (non-hydrogen) atoms. The summed E-state index contributed by atoms with van der Waals surface area (Å²) in [4.78, 5) is 8.65. The molecule has 0 saturated heterocycles. The van der Waals surface area contributed by atoms with Gasteiger partial charge in [0.1, 0.15) is 23.3 Å². The molecule has 1 aromatic heterocycles. The molecule has 0 aliphatic carbocycles. The van der Waals surface area contributed by atoms with Crippen LogP contribution in [0, 0.1) is 12.7 Å². The van der Waals surface area contributed by atoms with Crippen molar-refractivity contribution in [2.24, 2.45) is 0 Å². The number of nitrogens with one attached hydrogen (secondary N) is 1. The lowest BCUT2D eigenvalue weighted by atomic mass is 10.2. The van der Waals surface area contributed by atoms with Crippen LogP contribution in [-0.4, -0.2) is 9.97 Å². The fourth-order valence-corrected chi connectivity index (χ4v) is 1.82. The van der Waals surface area contributed by atoms with Gasteiger partial charge in [-0.1, -0.05) is 25.4 Å². The molecule has 2 aromatic rings. The van der Waals surface area contributed by atoms with Gasteiger partial charge in [-0.25, -0.2) is 14.4 Å². The normalized spacial score (nSPS) is 10.9. The number of nitrogen functional groups attached to an aromatic ring is 1. The lowest BCUT2D eigenvalue weighted by molar-refractivity contribution is 0.628. The third-order valence-corrected chi connectivity index (χ3v) is 3.23. The number of aromatic nitrogens is 2. The van der Waals surface area contributed by atoms with Crippen molar-refractivity contribution >= 4 is 28.9 Å². The van der Waals surface area contributed by atoms with Crippen LogP contribution in [0.5, 0.6) is 0 Å². The molecular formula is C14H16ClFN4. The standard InChI is InChI=1S/C14H16ClFN4/c1-7(2)13-19-12(17)8(3)14(20-13)18-11-6-9(16)4-5-10(11)15/h4-7H,1-3H3,(H3,17,18,19,20). The second-order valence-corrected chi connectivity index (χ2v) is 5.25. The summed E-state index contributed by atoms with van der Waals surface area (Å²) in [5.41, 5.74) is 7.03.